The van der Waals surface area contributed by atoms with Crippen LogP contribution in [0.1, 0.15) is 18.4 Å². The highest BCUT2D eigenvalue weighted by Crippen LogP contribution is 2.37. The van der Waals surface area contributed by atoms with Gasteiger partial charge in [0.05, 0.1) is 23.8 Å². The van der Waals surface area contributed by atoms with Gasteiger partial charge in [-0.1, -0.05) is 54.2 Å². The molecule has 0 spiro atoms. The summed E-state index contributed by atoms with van der Waals surface area (Å²) in [5.41, 5.74) is -0.586. The van der Waals surface area contributed by atoms with Gasteiger partial charge in [0.25, 0.3) is 6.43 Å². The van der Waals surface area contributed by atoms with Gasteiger partial charge in [-0.05, 0) is 19.0 Å². The van der Waals surface area contributed by atoms with Crippen LogP contribution >= 0.6 is 34.5 Å². The molecule has 4 rings (SSSR count). The van der Waals surface area contributed by atoms with E-state index in [0.717, 1.165) is 6.04 Å². The van der Waals surface area contributed by atoms with Crippen LogP contribution in [0.25, 0.3) is 16.3 Å². The number of aromatic nitrogens is 4. The van der Waals surface area contributed by atoms with E-state index >= 15 is 0 Å². The van der Waals surface area contributed by atoms with Gasteiger partial charge in [-0.2, -0.15) is 4.31 Å². The quantitative estimate of drug-likeness (QED) is 0.180. The number of alkyl halides is 2. The zero-order valence-corrected chi connectivity index (χ0v) is 24.1. The fourth-order valence-electron chi connectivity index (χ4n) is 3.52. The number of rotatable bonds is 10. The van der Waals surface area contributed by atoms with E-state index in [-0.39, 0.29) is 51.4 Å². The van der Waals surface area contributed by atoms with Crippen molar-refractivity contribution in [1.82, 2.24) is 23.9 Å². The molecule has 36 heavy (non-hydrogen) atoms. The molecule has 4 heterocycles. The van der Waals surface area contributed by atoms with Gasteiger partial charge < -0.3 is 9.47 Å². The van der Waals surface area contributed by atoms with Gasteiger partial charge in [0.2, 0.25) is 10.0 Å². The minimum atomic E-state index is -4.14. The molecule has 0 bridgehead atoms. The highest BCUT2D eigenvalue weighted by molar-refractivity contribution is 7.89. The van der Waals surface area contributed by atoms with Gasteiger partial charge in [-0.3, -0.25) is 4.40 Å². The van der Waals surface area contributed by atoms with Crippen LogP contribution in [0.15, 0.2) is 17.2 Å². The predicted molar refractivity (Wildman–Crippen MR) is 136 cm³/mol. The number of ether oxygens (including phenoxy) is 2. The van der Waals surface area contributed by atoms with Crippen LogP contribution in [-0.2, 0) is 19.5 Å². The van der Waals surface area contributed by atoms with Crippen LogP contribution in [0.5, 0.6) is 0 Å². The Balaban J connectivity index is 1.74. The first kappa shape index (κ1) is 27.8. The Labute approximate surface area is 222 Å². The molecule has 0 saturated carbocycles. The summed E-state index contributed by atoms with van der Waals surface area (Å²) in [7, 11) is -5.51. The smallest absolute Gasteiger partial charge is 0.291 e. The second-order valence-electron chi connectivity index (χ2n) is 9.91. The molecule has 9 nitrogen and oxygen atoms in total. The van der Waals surface area contributed by atoms with E-state index in [4.69, 9.17) is 32.7 Å². The number of sulfonamides is 1. The molecule has 3 aromatic rings. The molecule has 0 aromatic carbocycles. The standard InChI is InChI=1S/C20H25Cl2F2N5O4S2Si/c1-20(9-33-10-20)29(11-32-5-6-36(2,3)4)35(30,31)12-7-13(21)14-15(22)25-17(28(14)8-12)19-27-26-18(34-19)16(23)24/h7-8,16H,5-6,9-11H2,1-4H3. The van der Waals surface area contributed by atoms with Crippen LogP contribution in [0.4, 0.5) is 8.78 Å². The van der Waals surface area contributed by atoms with Gasteiger partial charge in [0, 0.05) is 20.9 Å². The third-order valence-electron chi connectivity index (χ3n) is 5.66. The summed E-state index contributed by atoms with van der Waals surface area (Å²) in [5.74, 6) is 0.0504. The Morgan fingerprint density at radius 1 is 1.31 bits per heavy atom. The zero-order chi connectivity index (χ0) is 26.5. The maximum atomic E-state index is 13.9. The fourth-order valence-corrected chi connectivity index (χ4v) is 7.30. The van der Waals surface area contributed by atoms with E-state index in [1.54, 1.807) is 6.92 Å². The second kappa shape index (κ2) is 10.1. The molecule has 3 aromatic heterocycles. The maximum Gasteiger partial charge on any atom is 0.291 e. The molecule has 0 atom stereocenters. The lowest BCUT2D eigenvalue weighted by molar-refractivity contribution is -0.124. The number of fused-ring (bicyclic) bond motifs is 1. The van der Waals surface area contributed by atoms with Crippen LogP contribution in [0.3, 0.4) is 0 Å². The number of hydrogen-bond donors (Lipinski definition) is 0. The van der Waals surface area contributed by atoms with Crippen molar-refractivity contribution < 1.29 is 26.7 Å². The number of nitrogens with zero attached hydrogens (tertiary/aromatic N) is 5. The SMILES string of the molecule is CC1(N(COCC[Si](C)(C)C)S(=O)(=O)c2cc(Cl)c3c(Cl)nc(-c4nnc(C(F)F)s4)n3c2)COC1. The summed E-state index contributed by atoms with van der Waals surface area (Å²) in [6.45, 7) is 9.10. The van der Waals surface area contributed by atoms with Gasteiger partial charge in [-0.25, -0.2) is 22.2 Å². The molecule has 1 aliphatic rings. The summed E-state index contributed by atoms with van der Waals surface area (Å²) in [5, 5.41) is 6.79. The highest BCUT2D eigenvalue weighted by Gasteiger charge is 2.47. The van der Waals surface area contributed by atoms with Crippen LogP contribution < -0.4 is 0 Å². The summed E-state index contributed by atoms with van der Waals surface area (Å²) >= 11 is 13.3. The Morgan fingerprint density at radius 2 is 2.00 bits per heavy atom. The van der Waals surface area contributed by atoms with Gasteiger partial charge in [0.15, 0.2) is 21.0 Å². The lowest BCUT2D eigenvalue weighted by Crippen LogP contribution is -2.62. The lowest BCUT2D eigenvalue weighted by Gasteiger charge is -2.45. The first-order valence-corrected chi connectivity index (χ1v) is 17.6. The molecule has 0 aliphatic carbocycles. The minimum absolute atomic E-state index is 0.0213. The summed E-state index contributed by atoms with van der Waals surface area (Å²) < 4.78 is 67.6. The van der Waals surface area contributed by atoms with Crippen molar-refractivity contribution in [1.29, 1.82) is 0 Å². The second-order valence-corrected chi connectivity index (χ2v) is 19.2. The number of hydrogen-bond acceptors (Lipinski definition) is 8. The van der Waals surface area contributed by atoms with Crippen molar-refractivity contribution in [2.75, 3.05) is 26.6 Å². The molecule has 16 heteroatoms. The van der Waals surface area contributed by atoms with Gasteiger partial charge in [0.1, 0.15) is 17.1 Å². The number of halogens is 4. The van der Waals surface area contributed by atoms with E-state index in [9.17, 15) is 17.2 Å². The maximum absolute atomic E-state index is 13.9. The monoisotopic (exact) mass is 599 g/mol. The Kier molecular flexibility index (Phi) is 7.81. The van der Waals surface area contributed by atoms with Crippen molar-refractivity contribution in [3.63, 3.8) is 0 Å². The third-order valence-corrected chi connectivity index (χ3v) is 10.8. The van der Waals surface area contributed by atoms with Gasteiger partial charge in [-0.15, -0.1) is 10.2 Å². The van der Waals surface area contributed by atoms with E-state index in [1.165, 1.54) is 21.0 Å². The summed E-state index contributed by atoms with van der Waals surface area (Å²) in [4.78, 5) is 4.04. The first-order valence-electron chi connectivity index (χ1n) is 10.9. The molecule has 1 aliphatic heterocycles. The van der Waals surface area contributed by atoms with Crippen LogP contribution in [0, 0.1) is 0 Å². The Bertz CT molecular complexity index is 1380. The van der Waals surface area contributed by atoms with Crippen molar-refractivity contribution >= 4 is 58.2 Å². The van der Waals surface area contributed by atoms with Crippen molar-refractivity contribution in [2.45, 2.75) is 49.5 Å². The largest absolute Gasteiger partial charge is 0.377 e. The molecular weight excluding hydrogens is 575 g/mol. The fraction of sp³-hybridized carbons (Fsp3) is 0.550. The molecule has 198 valence electrons. The van der Waals surface area contributed by atoms with E-state index in [1.807, 2.05) is 0 Å². The molecule has 0 N–H and O–H groups in total. The van der Waals surface area contributed by atoms with Gasteiger partial charge >= 0.3 is 0 Å². The van der Waals surface area contributed by atoms with E-state index in [2.05, 4.69) is 34.8 Å². The lowest BCUT2D eigenvalue weighted by atomic mass is 10.0. The molecular formula is C20H25Cl2F2N5O4S2Si. The predicted octanol–water partition coefficient (Wildman–Crippen LogP) is 5.19. The zero-order valence-electron chi connectivity index (χ0n) is 20.0. The third kappa shape index (κ3) is 5.46. The van der Waals surface area contributed by atoms with E-state index in [0.29, 0.717) is 17.9 Å². The average molecular weight is 601 g/mol. The number of imidazole rings is 1. The Morgan fingerprint density at radius 3 is 2.56 bits per heavy atom. The van der Waals surface area contributed by atoms with E-state index < -0.39 is 35.1 Å². The first-order chi connectivity index (χ1) is 16.7. The van der Waals surface area contributed by atoms with Crippen molar-refractivity contribution in [2.24, 2.45) is 0 Å². The van der Waals surface area contributed by atoms with Crippen molar-refractivity contribution in [3.05, 3.63) is 27.4 Å². The molecule has 0 unspecified atom stereocenters. The topological polar surface area (TPSA) is 98.9 Å². The normalized spacial score (nSPS) is 16.3. The minimum Gasteiger partial charge on any atom is -0.377 e. The van der Waals surface area contributed by atoms with Crippen molar-refractivity contribution in [3.8, 4) is 10.8 Å². The average Bonchev–Trinajstić information content (AvgIpc) is 3.36. The number of pyridine rings is 1. The molecule has 1 fully saturated rings. The molecule has 0 amide bonds. The summed E-state index contributed by atoms with van der Waals surface area (Å²) in [6.07, 6.45) is -1.51. The van der Waals surface area contributed by atoms with Crippen LogP contribution in [0.2, 0.25) is 35.9 Å². The van der Waals surface area contributed by atoms with Crippen LogP contribution in [-0.4, -0.2) is 72.5 Å². The molecule has 0 radical (unpaired) electrons. The summed E-state index contributed by atoms with van der Waals surface area (Å²) in [6, 6.07) is 2.16. The highest BCUT2D eigenvalue weighted by atomic mass is 35.5. The Hall–Kier alpha value is -1.26. The molecule has 1 saturated heterocycles.